The van der Waals surface area contributed by atoms with E-state index >= 15 is 0 Å². The van der Waals surface area contributed by atoms with Gasteiger partial charge in [0, 0.05) is 12.3 Å². The Bertz CT molecular complexity index is 891. The van der Waals surface area contributed by atoms with Gasteiger partial charge in [-0.25, -0.2) is 4.79 Å². The highest BCUT2D eigenvalue weighted by atomic mass is 31.2. The molecule has 0 spiro atoms. The summed E-state index contributed by atoms with van der Waals surface area (Å²) < 4.78 is 19.6. The Morgan fingerprint density at radius 3 is 2.30 bits per heavy atom. The Hall–Kier alpha value is -1.29. The molecule has 0 aromatic carbocycles. The lowest BCUT2D eigenvalue weighted by Crippen LogP contribution is -2.39. The van der Waals surface area contributed by atoms with Crippen molar-refractivity contribution in [2.24, 2.45) is 5.92 Å². The second-order valence-corrected chi connectivity index (χ2v) is 10.5. The number of aliphatic hydroxyl groups excluding tert-OH is 2. The molecule has 1 heterocycles. The molecule has 1 aromatic rings. The average Bonchev–Trinajstić information content (AvgIpc) is 2.95. The average molecular weight is 448 g/mol. The minimum atomic E-state index is -4.41. The van der Waals surface area contributed by atoms with Gasteiger partial charge in [-0.15, -0.1) is 0 Å². The third-order valence-electron chi connectivity index (χ3n) is 6.50. The number of aliphatic hydroxyl groups is 3. The predicted molar refractivity (Wildman–Crippen MR) is 110 cm³/mol. The van der Waals surface area contributed by atoms with Crippen LogP contribution in [0.4, 0.5) is 0 Å². The summed E-state index contributed by atoms with van der Waals surface area (Å²) >= 11 is 0. The van der Waals surface area contributed by atoms with Gasteiger partial charge in [-0.3, -0.25) is 18.9 Å². The van der Waals surface area contributed by atoms with E-state index in [-0.39, 0.29) is 19.3 Å². The summed E-state index contributed by atoms with van der Waals surface area (Å²) in [5.74, 6) is -0.532. The van der Waals surface area contributed by atoms with Gasteiger partial charge >= 0.3 is 13.3 Å². The van der Waals surface area contributed by atoms with Crippen molar-refractivity contribution in [1.29, 1.82) is 0 Å². The van der Waals surface area contributed by atoms with Crippen LogP contribution in [0, 0.1) is 5.92 Å². The van der Waals surface area contributed by atoms with E-state index in [4.69, 9.17) is 4.52 Å². The highest BCUT2D eigenvalue weighted by Gasteiger charge is 2.50. The lowest BCUT2D eigenvalue weighted by Gasteiger charge is -2.39. The molecule has 1 aliphatic carbocycles. The Morgan fingerprint density at radius 1 is 1.20 bits per heavy atom. The SMILES string of the molecule is CCC(CC)(CC1CC(n2ccc(=O)[nH]c2=O)C(O)C1O)OP(=O)(O)C(C)(O)CC. The van der Waals surface area contributed by atoms with E-state index in [0.29, 0.717) is 12.8 Å². The van der Waals surface area contributed by atoms with Gasteiger partial charge in [-0.05, 0) is 44.9 Å². The molecule has 1 aliphatic rings. The highest BCUT2D eigenvalue weighted by Crippen LogP contribution is 2.60. The number of aromatic amines is 1. The molecule has 10 nitrogen and oxygen atoms in total. The van der Waals surface area contributed by atoms with Gasteiger partial charge in [0.2, 0.25) is 0 Å². The minimum absolute atomic E-state index is 0.0201. The lowest BCUT2D eigenvalue weighted by molar-refractivity contribution is -0.0351. The van der Waals surface area contributed by atoms with Crippen molar-refractivity contribution in [1.82, 2.24) is 9.55 Å². The summed E-state index contributed by atoms with van der Waals surface area (Å²) in [6.07, 6.45) is -0.117. The van der Waals surface area contributed by atoms with Gasteiger partial charge in [0.15, 0.2) is 5.34 Å². The Labute approximate surface area is 175 Å². The molecule has 11 heteroatoms. The van der Waals surface area contributed by atoms with Crippen molar-refractivity contribution in [3.63, 3.8) is 0 Å². The van der Waals surface area contributed by atoms with Crippen LogP contribution < -0.4 is 11.2 Å². The summed E-state index contributed by atoms with van der Waals surface area (Å²) in [4.78, 5) is 36.0. The largest absolute Gasteiger partial charge is 0.390 e. The van der Waals surface area contributed by atoms with Crippen LogP contribution in [-0.4, -0.2) is 52.9 Å². The van der Waals surface area contributed by atoms with Crippen LogP contribution in [0.25, 0.3) is 0 Å². The van der Waals surface area contributed by atoms with Crippen molar-refractivity contribution in [3.8, 4) is 0 Å². The third kappa shape index (κ3) is 4.79. The molecular weight excluding hydrogens is 415 g/mol. The van der Waals surface area contributed by atoms with E-state index < -0.39 is 54.0 Å². The standard InChI is InChI=1S/C19H33N2O8P/c1-5-18(4,26)30(27,28)29-19(6-2,7-3)11-12-10-13(16(24)15(12)23)21-9-8-14(22)20-17(21)25/h8-9,12-13,15-16,23-24,26H,5-7,10-11H2,1-4H3,(H,27,28)(H,20,22,25). The van der Waals surface area contributed by atoms with Crippen LogP contribution in [-0.2, 0) is 9.09 Å². The molecular formula is C19H33N2O8P. The zero-order valence-corrected chi connectivity index (χ0v) is 18.7. The molecule has 1 fully saturated rings. The second-order valence-electron chi connectivity index (χ2n) is 8.34. The van der Waals surface area contributed by atoms with Crippen molar-refractivity contribution in [2.75, 3.05) is 0 Å². The topological polar surface area (TPSA) is 162 Å². The summed E-state index contributed by atoms with van der Waals surface area (Å²) in [5.41, 5.74) is -2.36. The highest BCUT2D eigenvalue weighted by molar-refractivity contribution is 7.54. The van der Waals surface area contributed by atoms with Crippen molar-refractivity contribution in [2.45, 2.75) is 89.0 Å². The van der Waals surface area contributed by atoms with Crippen LogP contribution >= 0.6 is 7.60 Å². The number of hydrogen-bond acceptors (Lipinski definition) is 7. The normalized spacial score (nSPS) is 28.8. The Kier molecular flexibility index (Phi) is 7.54. The van der Waals surface area contributed by atoms with E-state index in [1.165, 1.54) is 17.7 Å². The van der Waals surface area contributed by atoms with Crippen molar-refractivity contribution in [3.05, 3.63) is 33.1 Å². The fraction of sp³-hybridized carbons (Fsp3) is 0.789. The van der Waals surface area contributed by atoms with E-state index in [1.807, 2.05) is 0 Å². The first-order chi connectivity index (χ1) is 13.8. The van der Waals surface area contributed by atoms with Gasteiger partial charge < -0.3 is 24.7 Å². The van der Waals surface area contributed by atoms with Crippen molar-refractivity contribution < 1.29 is 29.3 Å². The molecule has 0 amide bonds. The van der Waals surface area contributed by atoms with Gasteiger partial charge in [0.05, 0.1) is 17.7 Å². The molecule has 172 valence electrons. The van der Waals surface area contributed by atoms with E-state index in [9.17, 15) is 34.4 Å². The number of aromatic nitrogens is 2. The van der Waals surface area contributed by atoms with Crippen LogP contribution in [0.3, 0.4) is 0 Å². The fourth-order valence-electron chi connectivity index (χ4n) is 4.01. The van der Waals surface area contributed by atoms with Crippen LogP contribution in [0.15, 0.2) is 21.9 Å². The molecule has 0 saturated heterocycles. The lowest BCUT2D eigenvalue weighted by atomic mass is 9.84. The fourth-order valence-corrected chi connectivity index (χ4v) is 5.46. The molecule has 6 atom stereocenters. The zero-order chi connectivity index (χ0) is 22.9. The summed E-state index contributed by atoms with van der Waals surface area (Å²) in [5, 5.41) is 29.5. The molecule has 0 bridgehead atoms. The smallest absolute Gasteiger partial charge is 0.359 e. The first kappa shape index (κ1) is 25.0. The number of nitrogens with zero attached hydrogens (tertiary/aromatic N) is 1. The molecule has 0 aliphatic heterocycles. The van der Waals surface area contributed by atoms with Crippen LogP contribution in [0.5, 0.6) is 0 Å². The van der Waals surface area contributed by atoms with Crippen LogP contribution in [0.2, 0.25) is 0 Å². The maximum absolute atomic E-state index is 12.8. The number of rotatable bonds is 9. The predicted octanol–water partition coefficient (Wildman–Crippen LogP) is 1.09. The number of H-pyrrole nitrogens is 1. The number of hydrogen-bond donors (Lipinski definition) is 5. The molecule has 5 N–H and O–H groups in total. The van der Waals surface area contributed by atoms with Gasteiger partial charge in [0.1, 0.15) is 6.10 Å². The second kappa shape index (κ2) is 9.06. The quantitative estimate of drug-likeness (QED) is 0.351. The summed E-state index contributed by atoms with van der Waals surface area (Å²) in [6, 6.07) is 0.397. The van der Waals surface area contributed by atoms with Crippen molar-refractivity contribution >= 4 is 7.60 Å². The summed E-state index contributed by atoms with van der Waals surface area (Å²) in [7, 11) is -4.41. The van der Waals surface area contributed by atoms with E-state index in [2.05, 4.69) is 4.98 Å². The summed E-state index contributed by atoms with van der Waals surface area (Å²) in [6.45, 7) is 6.39. The Balaban J connectivity index is 2.30. The first-order valence-electron chi connectivity index (χ1n) is 10.3. The number of nitrogens with one attached hydrogen (secondary N) is 1. The maximum Gasteiger partial charge on any atom is 0.359 e. The van der Waals surface area contributed by atoms with E-state index in [1.54, 1.807) is 20.8 Å². The Morgan fingerprint density at radius 2 is 1.80 bits per heavy atom. The molecule has 6 unspecified atom stereocenters. The maximum atomic E-state index is 12.8. The van der Waals surface area contributed by atoms with Gasteiger partial charge in [0.25, 0.3) is 5.56 Å². The molecule has 0 radical (unpaired) electrons. The minimum Gasteiger partial charge on any atom is -0.390 e. The monoisotopic (exact) mass is 448 g/mol. The molecule has 1 aromatic heterocycles. The van der Waals surface area contributed by atoms with Gasteiger partial charge in [-0.1, -0.05) is 20.8 Å². The van der Waals surface area contributed by atoms with E-state index in [0.717, 1.165) is 6.07 Å². The first-order valence-corrected chi connectivity index (χ1v) is 11.8. The van der Waals surface area contributed by atoms with Gasteiger partial charge in [-0.2, -0.15) is 0 Å². The van der Waals surface area contributed by atoms with Crippen LogP contribution in [0.1, 0.15) is 65.8 Å². The molecule has 2 rings (SSSR count). The molecule has 30 heavy (non-hydrogen) atoms. The third-order valence-corrected chi connectivity index (χ3v) is 8.67. The molecule has 1 saturated carbocycles. The zero-order valence-electron chi connectivity index (χ0n) is 17.8.